The maximum absolute atomic E-state index is 11.3. The van der Waals surface area contributed by atoms with Gasteiger partial charge >= 0.3 is 5.97 Å². The Hall–Kier alpha value is -1.11. The molecule has 14 heavy (non-hydrogen) atoms. The lowest BCUT2D eigenvalue weighted by molar-refractivity contribution is 0.0695. The summed E-state index contributed by atoms with van der Waals surface area (Å²) in [5.41, 5.74) is 0.528. The van der Waals surface area contributed by atoms with Crippen LogP contribution in [-0.4, -0.2) is 24.0 Å². The van der Waals surface area contributed by atoms with E-state index < -0.39 is 5.97 Å². The van der Waals surface area contributed by atoms with Gasteiger partial charge in [0.15, 0.2) is 0 Å². The molecular formula is C9H8INO3. The number of carboxylic acids is 1. The van der Waals surface area contributed by atoms with Crippen LogP contribution in [0.15, 0.2) is 18.2 Å². The van der Waals surface area contributed by atoms with Crippen LogP contribution in [0.1, 0.15) is 20.7 Å². The highest BCUT2D eigenvalue weighted by atomic mass is 127. The van der Waals surface area contributed by atoms with E-state index in [1.54, 1.807) is 12.1 Å². The van der Waals surface area contributed by atoms with Crippen LogP contribution in [-0.2, 0) is 0 Å². The number of carboxylic acid groups (broad SMARTS) is 1. The molecule has 0 heterocycles. The van der Waals surface area contributed by atoms with E-state index in [0.717, 1.165) is 0 Å². The summed E-state index contributed by atoms with van der Waals surface area (Å²) >= 11 is 1.85. The number of amides is 1. The summed E-state index contributed by atoms with van der Waals surface area (Å²) in [5.74, 6) is -1.31. The summed E-state index contributed by atoms with van der Waals surface area (Å²) in [4.78, 5) is 22.0. The van der Waals surface area contributed by atoms with Crippen molar-refractivity contribution in [3.05, 3.63) is 32.9 Å². The van der Waals surface area contributed by atoms with Crippen LogP contribution in [0, 0.1) is 3.57 Å². The van der Waals surface area contributed by atoms with E-state index in [9.17, 15) is 9.59 Å². The maximum Gasteiger partial charge on any atom is 0.336 e. The molecular weight excluding hydrogens is 297 g/mol. The second-order valence-corrected chi connectivity index (χ2v) is 3.63. The van der Waals surface area contributed by atoms with E-state index in [0.29, 0.717) is 9.13 Å². The maximum atomic E-state index is 11.3. The predicted octanol–water partition coefficient (Wildman–Crippen LogP) is 1.35. The lowest BCUT2D eigenvalue weighted by Crippen LogP contribution is -2.20. The SMILES string of the molecule is CNC(=O)c1cccc(C(=O)O)c1I. The Morgan fingerprint density at radius 3 is 2.43 bits per heavy atom. The van der Waals surface area contributed by atoms with Gasteiger partial charge < -0.3 is 10.4 Å². The number of hydrogen-bond donors (Lipinski definition) is 2. The lowest BCUT2D eigenvalue weighted by atomic mass is 10.1. The summed E-state index contributed by atoms with van der Waals surface area (Å²) in [6, 6.07) is 4.61. The summed E-state index contributed by atoms with van der Waals surface area (Å²) in [6.45, 7) is 0. The zero-order valence-electron chi connectivity index (χ0n) is 7.37. The highest BCUT2D eigenvalue weighted by molar-refractivity contribution is 14.1. The first-order valence-corrected chi connectivity index (χ1v) is 4.89. The Bertz CT molecular complexity index is 390. The molecule has 0 saturated carbocycles. The van der Waals surface area contributed by atoms with Crippen LogP contribution in [0.25, 0.3) is 0 Å². The van der Waals surface area contributed by atoms with Gasteiger partial charge in [-0.1, -0.05) is 6.07 Å². The molecule has 1 aromatic rings. The van der Waals surface area contributed by atoms with Gasteiger partial charge in [0, 0.05) is 10.6 Å². The summed E-state index contributed by atoms with van der Waals surface area (Å²) in [6.07, 6.45) is 0. The fourth-order valence-electron chi connectivity index (χ4n) is 1.01. The Labute approximate surface area is 94.5 Å². The molecule has 0 unspecified atom stereocenters. The van der Waals surface area contributed by atoms with E-state index in [1.165, 1.54) is 13.1 Å². The molecule has 0 saturated heterocycles. The number of nitrogens with one attached hydrogen (secondary N) is 1. The number of halogens is 1. The van der Waals surface area contributed by atoms with E-state index in [2.05, 4.69) is 5.32 Å². The molecule has 0 fully saturated rings. The van der Waals surface area contributed by atoms with Crippen LogP contribution in [0.2, 0.25) is 0 Å². The van der Waals surface area contributed by atoms with Gasteiger partial charge in [0.2, 0.25) is 0 Å². The fraction of sp³-hybridized carbons (Fsp3) is 0.111. The van der Waals surface area contributed by atoms with Crippen molar-refractivity contribution in [2.24, 2.45) is 0 Å². The molecule has 0 aliphatic heterocycles. The molecule has 1 aromatic carbocycles. The van der Waals surface area contributed by atoms with Crippen LogP contribution in [0.5, 0.6) is 0 Å². The average molecular weight is 305 g/mol. The van der Waals surface area contributed by atoms with E-state index >= 15 is 0 Å². The third kappa shape index (κ3) is 2.03. The second-order valence-electron chi connectivity index (χ2n) is 2.55. The van der Waals surface area contributed by atoms with Crippen LogP contribution in [0.4, 0.5) is 0 Å². The van der Waals surface area contributed by atoms with Crippen molar-refractivity contribution in [2.45, 2.75) is 0 Å². The molecule has 0 aliphatic carbocycles. The summed E-state index contributed by atoms with van der Waals surface area (Å²) < 4.78 is 0.456. The van der Waals surface area contributed by atoms with Crippen molar-refractivity contribution < 1.29 is 14.7 Å². The molecule has 4 nitrogen and oxygen atoms in total. The number of benzene rings is 1. The Kier molecular flexibility index (Phi) is 3.45. The zero-order valence-corrected chi connectivity index (χ0v) is 9.53. The molecule has 0 aromatic heterocycles. The Morgan fingerprint density at radius 1 is 1.36 bits per heavy atom. The average Bonchev–Trinajstić information content (AvgIpc) is 2.16. The smallest absolute Gasteiger partial charge is 0.336 e. The number of carbonyl (C=O) groups excluding carboxylic acids is 1. The molecule has 0 radical (unpaired) electrons. The van der Waals surface area contributed by atoms with Crippen molar-refractivity contribution in [1.29, 1.82) is 0 Å². The van der Waals surface area contributed by atoms with Crippen molar-refractivity contribution >= 4 is 34.5 Å². The zero-order chi connectivity index (χ0) is 10.7. The standard InChI is InChI=1S/C9H8INO3/c1-11-8(12)5-3-2-4-6(7(5)10)9(13)14/h2-4H,1H3,(H,11,12)(H,13,14). The number of carbonyl (C=O) groups is 2. The molecule has 5 heteroatoms. The van der Waals surface area contributed by atoms with Crippen molar-refractivity contribution in [3.63, 3.8) is 0 Å². The molecule has 1 amide bonds. The number of aromatic carboxylic acids is 1. The number of rotatable bonds is 2. The van der Waals surface area contributed by atoms with Crippen molar-refractivity contribution in [1.82, 2.24) is 5.32 Å². The molecule has 2 N–H and O–H groups in total. The Balaban J connectivity index is 3.27. The van der Waals surface area contributed by atoms with Crippen molar-refractivity contribution in [3.8, 4) is 0 Å². The van der Waals surface area contributed by atoms with Crippen LogP contribution < -0.4 is 5.32 Å². The van der Waals surface area contributed by atoms with Crippen LogP contribution in [0.3, 0.4) is 0 Å². The highest BCUT2D eigenvalue weighted by Crippen LogP contribution is 2.17. The first-order valence-electron chi connectivity index (χ1n) is 3.81. The fourth-order valence-corrected chi connectivity index (χ4v) is 1.84. The van der Waals surface area contributed by atoms with Crippen LogP contribution >= 0.6 is 22.6 Å². The van der Waals surface area contributed by atoms with Gasteiger partial charge in [-0.3, -0.25) is 4.79 Å². The monoisotopic (exact) mass is 305 g/mol. The summed E-state index contributed by atoms with van der Waals surface area (Å²) in [7, 11) is 1.51. The molecule has 0 atom stereocenters. The normalized spacial score (nSPS) is 9.57. The van der Waals surface area contributed by atoms with Gasteiger partial charge in [-0.2, -0.15) is 0 Å². The molecule has 0 spiro atoms. The third-order valence-electron chi connectivity index (χ3n) is 1.70. The topological polar surface area (TPSA) is 66.4 Å². The predicted molar refractivity (Wildman–Crippen MR) is 59.5 cm³/mol. The quantitative estimate of drug-likeness (QED) is 0.811. The third-order valence-corrected chi connectivity index (χ3v) is 2.86. The Morgan fingerprint density at radius 2 is 1.93 bits per heavy atom. The van der Waals surface area contributed by atoms with E-state index in [4.69, 9.17) is 5.11 Å². The number of hydrogen-bond acceptors (Lipinski definition) is 2. The minimum Gasteiger partial charge on any atom is -0.478 e. The summed E-state index contributed by atoms with van der Waals surface area (Å²) in [5, 5.41) is 11.3. The van der Waals surface area contributed by atoms with Gasteiger partial charge in [-0.05, 0) is 34.7 Å². The lowest BCUT2D eigenvalue weighted by Gasteiger charge is -2.05. The first-order chi connectivity index (χ1) is 6.57. The molecule has 0 aliphatic rings. The van der Waals surface area contributed by atoms with Gasteiger partial charge in [0.1, 0.15) is 0 Å². The minimum absolute atomic E-state index is 0.145. The minimum atomic E-state index is -1.03. The van der Waals surface area contributed by atoms with Gasteiger partial charge in [0.25, 0.3) is 5.91 Å². The van der Waals surface area contributed by atoms with Gasteiger partial charge in [0.05, 0.1) is 11.1 Å². The molecule has 74 valence electrons. The molecule has 0 bridgehead atoms. The van der Waals surface area contributed by atoms with E-state index in [1.807, 2.05) is 22.6 Å². The van der Waals surface area contributed by atoms with Gasteiger partial charge in [-0.25, -0.2) is 4.79 Å². The van der Waals surface area contributed by atoms with Gasteiger partial charge in [-0.15, -0.1) is 0 Å². The van der Waals surface area contributed by atoms with E-state index in [-0.39, 0.29) is 11.5 Å². The van der Waals surface area contributed by atoms with Crippen molar-refractivity contribution in [2.75, 3.05) is 7.05 Å². The highest BCUT2D eigenvalue weighted by Gasteiger charge is 2.14. The molecule has 1 rings (SSSR count). The first kappa shape index (κ1) is 11.0. The second kappa shape index (κ2) is 4.41. The largest absolute Gasteiger partial charge is 0.478 e.